The summed E-state index contributed by atoms with van der Waals surface area (Å²) >= 11 is 0. The molecule has 0 heterocycles. The Morgan fingerprint density at radius 1 is 1.36 bits per heavy atom. The maximum atomic E-state index is 8.83. The minimum Gasteiger partial charge on any atom is -0.396 e. The molecule has 1 atom stereocenters. The quantitative estimate of drug-likeness (QED) is 0.663. The van der Waals surface area contributed by atoms with Gasteiger partial charge in [-0.15, -0.1) is 0 Å². The van der Waals surface area contributed by atoms with Gasteiger partial charge in [-0.1, -0.05) is 39.0 Å². The molecule has 0 spiro atoms. The van der Waals surface area contributed by atoms with Gasteiger partial charge in [-0.3, -0.25) is 0 Å². The SMILES string of the molecule is CCC(CCO)C1CCCC1. The largest absolute Gasteiger partial charge is 0.396 e. The summed E-state index contributed by atoms with van der Waals surface area (Å²) in [5, 5.41) is 8.83. The lowest BCUT2D eigenvalue weighted by Gasteiger charge is -2.20. The molecule has 1 N–H and O–H groups in total. The van der Waals surface area contributed by atoms with Crippen molar-refractivity contribution in [2.45, 2.75) is 45.4 Å². The summed E-state index contributed by atoms with van der Waals surface area (Å²) < 4.78 is 0. The summed E-state index contributed by atoms with van der Waals surface area (Å²) in [5.74, 6) is 1.75. The normalized spacial score (nSPS) is 22.4. The van der Waals surface area contributed by atoms with E-state index in [2.05, 4.69) is 6.92 Å². The summed E-state index contributed by atoms with van der Waals surface area (Å²) in [5.41, 5.74) is 0. The number of rotatable bonds is 4. The van der Waals surface area contributed by atoms with Crippen molar-refractivity contribution in [3.63, 3.8) is 0 Å². The topological polar surface area (TPSA) is 20.2 Å². The van der Waals surface area contributed by atoms with Crippen molar-refractivity contribution in [2.24, 2.45) is 11.8 Å². The molecule has 1 aliphatic rings. The minimum absolute atomic E-state index is 0.384. The van der Waals surface area contributed by atoms with E-state index in [1.807, 2.05) is 0 Å². The Morgan fingerprint density at radius 2 is 2.00 bits per heavy atom. The van der Waals surface area contributed by atoms with Crippen LogP contribution < -0.4 is 0 Å². The molecule has 0 saturated heterocycles. The van der Waals surface area contributed by atoms with Crippen LogP contribution in [0, 0.1) is 11.8 Å². The smallest absolute Gasteiger partial charge is 0.0433 e. The predicted molar refractivity (Wildman–Crippen MR) is 47.4 cm³/mol. The lowest BCUT2D eigenvalue weighted by Crippen LogP contribution is -2.12. The Kier molecular flexibility index (Phi) is 3.92. The van der Waals surface area contributed by atoms with Crippen LogP contribution >= 0.6 is 0 Å². The van der Waals surface area contributed by atoms with Crippen LogP contribution in [-0.2, 0) is 0 Å². The molecular weight excluding hydrogens is 136 g/mol. The monoisotopic (exact) mass is 156 g/mol. The van der Waals surface area contributed by atoms with Gasteiger partial charge in [-0.2, -0.15) is 0 Å². The van der Waals surface area contributed by atoms with E-state index < -0.39 is 0 Å². The Labute approximate surface area is 69.8 Å². The van der Waals surface area contributed by atoms with Crippen LogP contribution in [0.4, 0.5) is 0 Å². The minimum atomic E-state index is 0.384. The van der Waals surface area contributed by atoms with Crippen LogP contribution in [0.5, 0.6) is 0 Å². The molecule has 0 aromatic heterocycles. The molecule has 1 aliphatic carbocycles. The second-order valence-electron chi connectivity index (χ2n) is 3.73. The van der Waals surface area contributed by atoms with Crippen molar-refractivity contribution in [3.05, 3.63) is 0 Å². The first-order valence-corrected chi connectivity index (χ1v) is 4.99. The van der Waals surface area contributed by atoms with Crippen molar-refractivity contribution in [2.75, 3.05) is 6.61 Å². The second-order valence-corrected chi connectivity index (χ2v) is 3.73. The van der Waals surface area contributed by atoms with Gasteiger partial charge in [0.25, 0.3) is 0 Å². The highest BCUT2D eigenvalue weighted by Gasteiger charge is 2.22. The van der Waals surface area contributed by atoms with Gasteiger partial charge in [0.05, 0.1) is 0 Å². The molecule has 0 bridgehead atoms. The standard InChI is InChI=1S/C10H20O/c1-2-9(7-8-11)10-5-3-4-6-10/h9-11H,2-8H2,1H3. The molecule has 66 valence electrons. The van der Waals surface area contributed by atoms with Crippen LogP contribution in [0.15, 0.2) is 0 Å². The first-order chi connectivity index (χ1) is 5.38. The molecular formula is C10H20O. The van der Waals surface area contributed by atoms with Crippen molar-refractivity contribution in [1.82, 2.24) is 0 Å². The van der Waals surface area contributed by atoms with E-state index >= 15 is 0 Å². The Morgan fingerprint density at radius 3 is 2.45 bits per heavy atom. The Balaban J connectivity index is 2.27. The van der Waals surface area contributed by atoms with Crippen molar-refractivity contribution in [1.29, 1.82) is 0 Å². The van der Waals surface area contributed by atoms with E-state index in [-0.39, 0.29) is 0 Å². The molecule has 1 nitrogen and oxygen atoms in total. The van der Waals surface area contributed by atoms with Crippen LogP contribution in [0.25, 0.3) is 0 Å². The van der Waals surface area contributed by atoms with Crippen LogP contribution in [0.3, 0.4) is 0 Å². The van der Waals surface area contributed by atoms with Gasteiger partial charge in [0.2, 0.25) is 0 Å². The molecule has 1 saturated carbocycles. The van der Waals surface area contributed by atoms with Crippen molar-refractivity contribution < 1.29 is 5.11 Å². The summed E-state index contributed by atoms with van der Waals surface area (Å²) in [6.45, 7) is 2.63. The lowest BCUT2D eigenvalue weighted by atomic mass is 9.86. The van der Waals surface area contributed by atoms with Gasteiger partial charge in [-0.05, 0) is 18.3 Å². The first-order valence-electron chi connectivity index (χ1n) is 4.99. The summed E-state index contributed by atoms with van der Waals surface area (Å²) in [4.78, 5) is 0. The Hall–Kier alpha value is -0.0400. The molecule has 0 amide bonds. The average molecular weight is 156 g/mol. The zero-order valence-corrected chi connectivity index (χ0v) is 7.55. The molecule has 0 radical (unpaired) electrons. The summed E-state index contributed by atoms with van der Waals surface area (Å²) in [6, 6.07) is 0. The van der Waals surface area contributed by atoms with E-state index in [1.54, 1.807) is 0 Å². The fourth-order valence-electron chi connectivity index (χ4n) is 2.37. The van der Waals surface area contributed by atoms with Crippen LogP contribution in [-0.4, -0.2) is 11.7 Å². The van der Waals surface area contributed by atoms with E-state index in [0.29, 0.717) is 6.61 Å². The third-order valence-corrected chi connectivity index (χ3v) is 3.09. The van der Waals surface area contributed by atoms with Gasteiger partial charge in [0.1, 0.15) is 0 Å². The van der Waals surface area contributed by atoms with E-state index in [1.165, 1.54) is 32.1 Å². The summed E-state index contributed by atoms with van der Waals surface area (Å²) in [7, 11) is 0. The van der Waals surface area contributed by atoms with E-state index in [0.717, 1.165) is 18.3 Å². The molecule has 0 aliphatic heterocycles. The summed E-state index contributed by atoms with van der Waals surface area (Å²) in [6.07, 6.45) is 7.96. The molecule has 1 unspecified atom stereocenters. The highest BCUT2D eigenvalue weighted by atomic mass is 16.3. The highest BCUT2D eigenvalue weighted by Crippen LogP contribution is 2.34. The van der Waals surface area contributed by atoms with E-state index in [4.69, 9.17) is 5.11 Å². The molecule has 0 aromatic carbocycles. The molecule has 0 aromatic rings. The fourth-order valence-corrected chi connectivity index (χ4v) is 2.37. The molecule has 1 heteroatoms. The zero-order valence-electron chi connectivity index (χ0n) is 7.55. The predicted octanol–water partition coefficient (Wildman–Crippen LogP) is 2.59. The van der Waals surface area contributed by atoms with Gasteiger partial charge < -0.3 is 5.11 Å². The van der Waals surface area contributed by atoms with Crippen LogP contribution in [0.1, 0.15) is 45.4 Å². The van der Waals surface area contributed by atoms with Gasteiger partial charge >= 0.3 is 0 Å². The van der Waals surface area contributed by atoms with Gasteiger partial charge in [-0.25, -0.2) is 0 Å². The van der Waals surface area contributed by atoms with Gasteiger partial charge in [0, 0.05) is 6.61 Å². The fraction of sp³-hybridized carbons (Fsp3) is 1.00. The van der Waals surface area contributed by atoms with Crippen LogP contribution in [0.2, 0.25) is 0 Å². The van der Waals surface area contributed by atoms with E-state index in [9.17, 15) is 0 Å². The molecule has 11 heavy (non-hydrogen) atoms. The Bertz CT molecular complexity index is 95.0. The van der Waals surface area contributed by atoms with Gasteiger partial charge in [0.15, 0.2) is 0 Å². The average Bonchev–Trinajstić information content (AvgIpc) is 2.52. The number of hydrogen-bond acceptors (Lipinski definition) is 1. The molecule has 1 rings (SSSR count). The maximum Gasteiger partial charge on any atom is 0.0433 e. The maximum absolute atomic E-state index is 8.83. The van der Waals surface area contributed by atoms with Crippen molar-refractivity contribution in [3.8, 4) is 0 Å². The molecule has 1 fully saturated rings. The van der Waals surface area contributed by atoms with Crippen molar-refractivity contribution >= 4 is 0 Å². The zero-order chi connectivity index (χ0) is 8.10. The number of hydrogen-bond donors (Lipinski definition) is 1. The third kappa shape index (κ3) is 2.48. The number of aliphatic hydroxyl groups excluding tert-OH is 1. The lowest BCUT2D eigenvalue weighted by molar-refractivity contribution is 0.215. The highest BCUT2D eigenvalue weighted by molar-refractivity contribution is 4.74. The second kappa shape index (κ2) is 4.76. The first kappa shape index (κ1) is 9.05. The third-order valence-electron chi connectivity index (χ3n) is 3.09. The number of aliphatic hydroxyl groups is 1.